The van der Waals surface area contributed by atoms with Crippen molar-refractivity contribution in [2.24, 2.45) is 0 Å². The molecule has 2 aromatic carbocycles. The van der Waals surface area contributed by atoms with Crippen LogP contribution in [0.5, 0.6) is 0 Å². The molecule has 1 unspecified atom stereocenters. The van der Waals surface area contributed by atoms with Crippen molar-refractivity contribution >= 4 is 27.5 Å². The molecule has 0 aromatic heterocycles. The normalized spacial score (nSPS) is 12.4. The Morgan fingerprint density at radius 1 is 1.24 bits per heavy atom. The third kappa shape index (κ3) is 4.06. The maximum absolute atomic E-state index is 13.3. The van der Waals surface area contributed by atoms with Gasteiger partial charge < -0.3 is 5.32 Å². The van der Waals surface area contributed by atoms with Crippen molar-refractivity contribution in [3.63, 3.8) is 0 Å². The maximum atomic E-state index is 13.3. The standard InChI is InChI=1S/C17H18BrClFN/c1-3-8-21-17(12-4-7-15(18)16(19)10-12)14-6-5-13(20)9-11(14)2/h4-7,9-10,17,21H,3,8H2,1-2H3. The Hall–Kier alpha value is -0.900. The average molecular weight is 371 g/mol. The van der Waals surface area contributed by atoms with Gasteiger partial charge in [0.25, 0.3) is 0 Å². The molecule has 0 saturated carbocycles. The first kappa shape index (κ1) is 16.5. The predicted octanol–water partition coefficient (Wildman–Crippen LogP) is 5.64. The second kappa shape index (κ2) is 7.39. The zero-order chi connectivity index (χ0) is 15.4. The van der Waals surface area contributed by atoms with E-state index in [0.29, 0.717) is 5.02 Å². The van der Waals surface area contributed by atoms with Gasteiger partial charge in [-0.1, -0.05) is 30.7 Å². The summed E-state index contributed by atoms with van der Waals surface area (Å²) in [7, 11) is 0. The van der Waals surface area contributed by atoms with E-state index in [2.05, 4.69) is 28.2 Å². The van der Waals surface area contributed by atoms with Gasteiger partial charge in [-0.25, -0.2) is 4.39 Å². The Kier molecular flexibility index (Phi) is 5.80. The van der Waals surface area contributed by atoms with Crippen LogP contribution in [0.2, 0.25) is 5.02 Å². The van der Waals surface area contributed by atoms with Crippen LogP contribution in [0.15, 0.2) is 40.9 Å². The molecule has 0 aliphatic carbocycles. The lowest BCUT2D eigenvalue weighted by molar-refractivity contribution is 0.590. The second-order valence-electron chi connectivity index (χ2n) is 5.06. The molecule has 2 rings (SSSR count). The van der Waals surface area contributed by atoms with Crippen LogP contribution in [0.1, 0.15) is 36.1 Å². The van der Waals surface area contributed by atoms with Gasteiger partial charge in [0.05, 0.1) is 11.1 Å². The molecule has 0 aliphatic heterocycles. The molecule has 2 aromatic rings. The van der Waals surface area contributed by atoms with Gasteiger partial charge in [0, 0.05) is 4.47 Å². The van der Waals surface area contributed by atoms with Crippen molar-refractivity contribution in [3.8, 4) is 0 Å². The molecule has 0 aliphatic rings. The largest absolute Gasteiger partial charge is 0.306 e. The molecule has 0 amide bonds. The summed E-state index contributed by atoms with van der Waals surface area (Å²) in [5.74, 6) is -0.209. The highest BCUT2D eigenvalue weighted by Gasteiger charge is 2.16. The van der Waals surface area contributed by atoms with Gasteiger partial charge in [0.2, 0.25) is 0 Å². The number of benzene rings is 2. The van der Waals surface area contributed by atoms with E-state index in [1.165, 1.54) is 6.07 Å². The van der Waals surface area contributed by atoms with Crippen LogP contribution in [0.4, 0.5) is 4.39 Å². The molecule has 1 N–H and O–H groups in total. The summed E-state index contributed by atoms with van der Waals surface area (Å²) in [6.45, 7) is 4.94. The van der Waals surface area contributed by atoms with Crippen LogP contribution < -0.4 is 5.32 Å². The van der Waals surface area contributed by atoms with Gasteiger partial charge >= 0.3 is 0 Å². The van der Waals surface area contributed by atoms with Crippen LogP contribution in [0.3, 0.4) is 0 Å². The Morgan fingerprint density at radius 3 is 2.62 bits per heavy atom. The summed E-state index contributed by atoms with van der Waals surface area (Å²) in [6.07, 6.45) is 1.03. The van der Waals surface area contributed by atoms with Gasteiger partial charge in [-0.3, -0.25) is 0 Å². The number of aryl methyl sites for hydroxylation is 1. The van der Waals surface area contributed by atoms with Crippen molar-refractivity contribution in [2.45, 2.75) is 26.3 Å². The molecular weight excluding hydrogens is 353 g/mol. The molecule has 1 atom stereocenters. The summed E-state index contributed by atoms with van der Waals surface area (Å²) in [5, 5.41) is 4.19. The Balaban J connectivity index is 2.44. The quantitative estimate of drug-likeness (QED) is 0.718. The summed E-state index contributed by atoms with van der Waals surface area (Å²) < 4.78 is 14.2. The molecule has 0 saturated heterocycles. The van der Waals surface area contributed by atoms with E-state index in [-0.39, 0.29) is 11.9 Å². The summed E-state index contributed by atoms with van der Waals surface area (Å²) in [4.78, 5) is 0. The molecule has 0 fully saturated rings. The highest BCUT2D eigenvalue weighted by Crippen LogP contribution is 2.30. The maximum Gasteiger partial charge on any atom is 0.123 e. The van der Waals surface area contributed by atoms with Crippen LogP contribution >= 0.6 is 27.5 Å². The Morgan fingerprint density at radius 2 is 2.00 bits per heavy atom. The summed E-state index contributed by atoms with van der Waals surface area (Å²) in [6, 6.07) is 10.8. The minimum absolute atomic E-state index is 0.0103. The van der Waals surface area contributed by atoms with Gasteiger partial charge in [-0.2, -0.15) is 0 Å². The van der Waals surface area contributed by atoms with Crippen molar-refractivity contribution in [1.82, 2.24) is 5.32 Å². The fourth-order valence-corrected chi connectivity index (χ4v) is 2.79. The van der Waals surface area contributed by atoms with E-state index in [4.69, 9.17) is 11.6 Å². The number of hydrogen-bond acceptors (Lipinski definition) is 1. The van der Waals surface area contributed by atoms with Crippen molar-refractivity contribution in [1.29, 1.82) is 0 Å². The molecule has 0 bridgehead atoms. The van der Waals surface area contributed by atoms with Gasteiger partial charge in [0.15, 0.2) is 0 Å². The third-order valence-corrected chi connectivity index (χ3v) is 4.65. The monoisotopic (exact) mass is 369 g/mol. The molecule has 112 valence electrons. The first-order chi connectivity index (χ1) is 10.0. The van der Waals surface area contributed by atoms with Gasteiger partial charge in [-0.05, 0) is 76.8 Å². The lowest BCUT2D eigenvalue weighted by atomic mass is 9.95. The minimum atomic E-state index is -0.209. The average Bonchev–Trinajstić information content (AvgIpc) is 2.44. The van der Waals surface area contributed by atoms with Crippen LogP contribution in [0, 0.1) is 12.7 Å². The Labute approximate surface area is 138 Å². The first-order valence-corrected chi connectivity index (χ1v) is 8.14. The zero-order valence-corrected chi connectivity index (χ0v) is 14.4. The van der Waals surface area contributed by atoms with Crippen molar-refractivity contribution < 1.29 is 4.39 Å². The zero-order valence-electron chi connectivity index (χ0n) is 12.1. The van der Waals surface area contributed by atoms with Crippen molar-refractivity contribution in [2.75, 3.05) is 6.54 Å². The van der Waals surface area contributed by atoms with E-state index in [0.717, 1.165) is 34.1 Å². The van der Waals surface area contributed by atoms with E-state index in [9.17, 15) is 4.39 Å². The third-order valence-electron chi connectivity index (χ3n) is 3.42. The molecule has 21 heavy (non-hydrogen) atoms. The van der Waals surface area contributed by atoms with Crippen LogP contribution in [-0.2, 0) is 0 Å². The van der Waals surface area contributed by atoms with Gasteiger partial charge in [0.1, 0.15) is 5.82 Å². The van der Waals surface area contributed by atoms with E-state index < -0.39 is 0 Å². The van der Waals surface area contributed by atoms with E-state index >= 15 is 0 Å². The molecular formula is C17H18BrClFN. The van der Waals surface area contributed by atoms with Crippen molar-refractivity contribution in [3.05, 3.63) is 68.4 Å². The number of halogens is 3. The fourth-order valence-electron chi connectivity index (χ4n) is 2.35. The highest BCUT2D eigenvalue weighted by molar-refractivity contribution is 9.10. The first-order valence-electron chi connectivity index (χ1n) is 6.97. The number of nitrogens with one attached hydrogen (secondary N) is 1. The topological polar surface area (TPSA) is 12.0 Å². The Bertz CT molecular complexity index is 630. The molecule has 0 radical (unpaired) electrons. The number of hydrogen-bond donors (Lipinski definition) is 1. The number of rotatable bonds is 5. The van der Waals surface area contributed by atoms with E-state index in [1.807, 2.05) is 31.2 Å². The molecule has 0 spiro atoms. The predicted molar refractivity (Wildman–Crippen MR) is 90.4 cm³/mol. The fraction of sp³-hybridized carbons (Fsp3) is 0.294. The lowest BCUT2D eigenvalue weighted by Gasteiger charge is -2.22. The van der Waals surface area contributed by atoms with Gasteiger partial charge in [-0.15, -0.1) is 0 Å². The van der Waals surface area contributed by atoms with Crippen LogP contribution in [-0.4, -0.2) is 6.54 Å². The van der Waals surface area contributed by atoms with Crippen LogP contribution in [0.25, 0.3) is 0 Å². The molecule has 0 heterocycles. The lowest BCUT2D eigenvalue weighted by Crippen LogP contribution is -2.24. The molecule has 1 nitrogen and oxygen atoms in total. The summed E-state index contributed by atoms with van der Waals surface area (Å²) in [5.41, 5.74) is 3.08. The van der Waals surface area contributed by atoms with E-state index in [1.54, 1.807) is 6.07 Å². The summed E-state index contributed by atoms with van der Waals surface area (Å²) >= 11 is 9.62. The molecule has 4 heteroatoms. The minimum Gasteiger partial charge on any atom is -0.306 e. The smallest absolute Gasteiger partial charge is 0.123 e. The highest BCUT2D eigenvalue weighted by atomic mass is 79.9. The SMILES string of the molecule is CCCNC(c1ccc(Br)c(Cl)c1)c1ccc(F)cc1C. The second-order valence-corrected chi connectivity index (χ2v) is 6.32.